The summed E-state index contributed by atoms with van der Waals surface area (Å²) in [7, 11) is 0. The van der Waals surface area contributed by atoms with Crippen molar-refractivity contribution < 1.29 is 9.59 Å². The molecule has 0 aromatic carbocycles. The SMILES string of the molecule is O=C(CCc1ccsc1)N1CC[C@]2(CCCN(CC3CCC3)C2=O)C1. The lowest BCUT2D eigenvalue weighted by Crippen LogP contribution is -2.52. The van der Waals surface area contributed by atoms with Crippen LogP contribution in [0.5, 0.6) is 0 Å². The van der Waals surface area contributed by atoms with E-state index in [1.807, 2.05) is 4.90 Å². The molecule has 0 radical (unpaired) electrons. The van der Waals surface area contributed by atoms with Gasteiger partial charge in [0.2, 0.25) is 11.8 Å². The topological polar surface area (TPSA) is 40.6 Å². The van der Waals surface area contributed by atoms with Gasteiger partial charge in [-0.25, -0.2) is 0 Å². The van der Waals surface area contributed by atoms with Gasteiger partial charge in [-0.05, 0) is 66.8 Å². The summed E-state index contributed by atoms with van der Waals surface area (Å²) in [5.41, 5.74) is 0.965. The molecule has 1 aromatic rings. The summed E-state index contributed by atoms with van der Waals surface area (Å²) in [6.07, 6.45) is 8.17. The van der Waals surface area contributed by atoms with Crippen LogP contribution in [0.2, 0.25) is 0 Å². The summed E-state index contributed by atoms with van der Waals surface area (Å²) < 4.78 is 0. The van der Waals surface area contributed by atoms with Gasteiger partial charge < -0.3 is 9.80 Å². The molecular formula is C20H28N2O2S. The minimum absolute atomic E-state index is 0.215. The second-order valence-electron chi connectivity index (χ2n) is 8.13. The molecule has 4 rings (SSSR count). The number of likely N-dealkylation sites (tertiary alicyclic amines) is 2. The van der Waals surface area contributed by atoms with Crippen molar-refractivity contribution in [3.8, 4) is 0 Å². The fourth-order valence-corrected chi connectivity index (χ4v) is 5.32. The molecule has 0 bridgehead atoms. The van der Waals surface area contributed by atoms with Crippen molar-refractivity contribution in [3.05, 3.63) is 22.4 Å². The molecule has 3 heterocycles. The van der Waals surface area contributed by atoms with Crippen molar-refractivity contribution in [1.82, 2.24) is 9.80 Å². The number of rotatable bonds is 5. The van der Waals surface area contributed by atoms with Crippen molar-refractivity contribution in [2.24, 2.45) is 11.3 Å². The number of aryl methyl sites for hydroxylation is 1. The molecule has 5 heteroatoms. The molecule has 0 unspecified atom stereocenters. The van der Waals surface area contributed by atoms with Crippen molar-refractivity contribution in [2.75, 3.05) is 26.2 Å². The average Bonchev–Trinajstić information content (AvgIpc) is 3.23. The van der Waals surface area contributed by atoms with Crippen molar-refractivity contribution in [2.45, 2.75) is 51.4 Å². The highest BCUT2D eigenvalue weighted by molar-refractivity contribution is 7.07. The zero-order valence-electron chi connectivity index (χ0n) is 14.9. The highest BCUT2D eigenvalue weighted by atomic mass is 32.1. The van der Waals surface area contributed by atoms with E-state index >= 15 is 0 Å². The predicted octanol–water partition coefficient (Wildman–Crippen LogP) is 3.32. The van der Waals surface area contributed by atoms with Gasteiger partial charge in [0, 0.05) is 32.6 Å². The van der Waals surface area contributed by atoms with Gasteiger partial charge in [-0.1, -0.05) is 6.42 Å². The number of carbonyl (C=O) groups excluding carboxylic acids is 2. The van der Waals surface area contributed by atoms with E-state index in [0.717, 1.165) is 51.2 Å². The van der Waals surface area contributed by atoms with Crippen LogP contribution in [0.3, 0.4) is 0 Å². The van der Waals surface area contributed by atoms with Crippen LogP contribution in [-0.2, 0) is 16.0 Å². The molecule has 3 fully saturated rings. The molecule has 4 nitrogen and oxygen atoms in total. The van der Waals surface area contributed by atoms with Crippen LogP contribution in [0.25, 0.3) is 0 Å². The zero-order valence-corrected chi connectivity index (χ0v) is 15.7. The second kappa shape index (κ2) is 7.10. The van der Waals surface area contributed by atoms with Gasteiger partial charge in [0.05, 0.1) is 5.41 Å². The van der Waals surface area contributed by atoms with E-state index in [1.54, 1.807) is 11.3 Å². The fourth-order valence-electron chi connectivity index (χ4n) is 4.62. The maximum absolute atomic E-state index is 13.1. The fraction of sp³-hybridized carbons (Fsp3) is 0.700. The number of thiophene rings is 1. The lowest BCUT2D eigenvalue weighted by atomic mass is 9.77. The number of amides is 2. The van der Waals surface area contributed by atoms with E-state index in [-0.39, 0.29) is 11.3 Å². The Bertz CT molecular complexity index is 626. The Kier molecular flexibility index (Phi) is 4.85. The molecule has 2 amide bonds. The van der Waals surface area contributed by atoms with E-state index in [4.69, 9.17) is 0 Å². The first-order chi connectivity index (χ1) is 12.2. The lowest BCUT2D eigenvalue weighted by Gasteiger charge is -2.42. The number of nitrogens with zero attached hydrogens (tertiary/aromatic N) is 2. The summed E-state index contributed by atoms with van der Waals surface area (Å²) in [4.78, 5) is 29.8. The van der Waals surface area contributed by atoms with Crippen LogP contribution in [0, 0.1) is 11.3 Å². The largest absolute Gasteiger partial charge is 0.342 e. The van der Waals surface area contributed by atoms with E-state index < -0.39 is 0 Å². The highest BCUT2D eigenvalue weighted by Gasteiger charge is 2.49. The second-order valence-corrected chi connectivity index (χ2v) is 8.91. The van der Waals surface area contributed by atoms with Crippen molar-refractivity contribution >= 4 is 23.2 Å². The molecule has 1 aromatic heterocycles. The van der Waals surface area contributed by atoms with Gasteiger partial charge in [-0.15, -0.1) is 0 Å². The van der Waals surface area contributed by atoms with Crippen LogP contribution in [0.1, 0.15) is 50.5 Å². The third-order valence-electron chi connectivity index (χ3n) is 6.44. The number of hydrogen-bond acceptors (Lipinski definition) is 3. The number of hydrogen-bond donors (Lipinski definition) is 0. The van der Waals surface area contributed by atoms with Crippen LogP contribution >= 0.6 is 11.3 Å². The molecule has 1 aliphatic carbocycles. The van der Waals surface area contributed by atoms with E-state index in [0.29, 0.717) is 18.9 Å². The Balaban J connectivity index is 1.34. The third-order valence-corrected chi connectivity index (χ3v) is 7.17. The third kappa shape index (κ3) is 3.48. The van der Waals surface area contributed by atoms with Crippen LogP contribution in [0.4, 0.5) is 0 Å². The summed E-state index contributed by atoms with van der Waals surface area (Å²) in [5.74, 6) is 1.27. The standard InChI is InChI=1S/C20H28N2O2S/c23-18(6-5-17-7-12-25-14-17)22-11-9-20(15-22)8-2-10-21(19(20)24)13-16-3-1-4-16/h7,12,14,16H,1-6,8-11,13,15H2/t20-/m1/s1. The maximum Gasteiger partial charge on any atom is 0.230 e. The first kappa shape index (κ1) is 17.1. The van der Waals surface area contributed by atoms with Crippen LogP contribution in [-0.4, -0.2) is 47.8 Å². The monoisotopic (exact) mass is 360 g/mol. The first-order valence-electron chi connectivity index (χ1n) is 9.74. The predicted molar refractivity (Wildman–Crippen MR) is 99.4 cm³/mol. The Labute approximate surface area is 154 Å². The highest BCUT2D eigenvalue weighted by Crippen LogP contribution is 2.41. The van der Waals surface area contributed by atoms with Gasteiger partial charge >= 0.3 is 0 Å². The molecule has 136 valence electrons. The number of carbonyl (C=O) groups is 2. The zero-order chi connectivity index (χ0) is 17.3. The summed E-state index contributed by atoms with van der Waals surface area (Å²) in [6.45, 7) is 3.27. The summed E-state index contributed by atoms with van der Waals surface area (Å²) in [6, 6.07) is 2.09. The van der Waals surface area contributed by atoms with Crippen molar-refractivity contribution in [3.63, 3.8) is 0 Å². The van der Waals surface area contributed by atoms with Crippen LogP contribution < -0.4 is 0 Å². The molecule has 25 heavy (non-hydrogen) atoms. The lowest BCUT2D eigenvalue weighted by molar-refractivity contribution is -0.147. The Morgan fingerprint density at radius 1 is 1.24 bits per heavy atom. The average molecular weight is 361 g/mol. The summed E-state index contributed by atoms with van der Waals surface area (Å²) in [5, 5.41) is 4.17. The molecular weight excluding hydrogens is 332 g/mol. The van der Waals surface area contributed by atoms with Gasteiger partial charge in [0.15, 0.2) is 0 Å². The normalized spacial score (nSPS) is 27.1. The van der Waals surface area contributed by atoms with E-state index in [9.17, 15) is 9.59 Å². The maximum atomic E-state index is 13.1. The molecule has 0 N–H and O–H groups in total. The molecule has 1 spiro atoms. The van der Waals surface area contributed by atoms with Gasteiger partial charge in [0.25, 0.3) is 0 Å². The number of piperidine rings is 1. The van der Waals surface area contributed by atoms with Gasteiger partial charge in [0.1, 0.15) is 0 Å². The Hall–Kier alpha value is -1.36. The smallest absolute Gasteiger partial charge is 0.230 e. The molecule has 3 aliphatic rings. The minimum Gasteiger partial charge on any atom is -0.342 e. The molecule has 1 atom stereocenters. The first-order valence-corrected chi connectivity index (χ1v) is 10.7. The Morgan fingerprint density at radius 2 is 2.12 bits per heavy atom. The Morgan fingerprint density at radius 3 is 2.84 bits per heavy atom. The molecule has 1 saturated carbocycles. The molecule has 2 aliphatic heterocycles. The van der Waals surface area contributed by atoms with Gasteiger partial charge in [-0.3, -0.25) is 9.59 Å². The molecule has 2 saturated heterocycles. The van der Waals surface area contributed by atoms with E-state index in [2.05, 4.69) is 21.7 Å². The summed E-state index contributed by atoms with van der Waals surface area (Å²) >= 11 is 1.68. The van der Waals surface area contributed by atoms with Gasteiger partial charge in [-0.2, -0.15) is 11.3 Å². The minimum atomic E-state index is -0.278. The quantitative estimate of drug-likeness (QED) is 0.808. The van der Waals surface area contributed by atoms with Crippen LogP contribution in [0.15, 0.2) is 16.8 Å². The van der Waals surface area contributed by atoms with E-state index in [1.165, 1.54) is 24.8 Å². The van der Waals surface area contributed by atoms with Crippen molar-refractivity contribution in [1.29, 1.82) is 0 Å².